The van der Waals surface area contributed by atoms with Crippen molar-refractivity contribution < 1.29 is 19.1 Å². The molecule has 1 fully saturated rings. The second-order valence-corrected chi connectivity index (χ2v) is 9.09. The number of anilines is 1. The van der Waals surface area contributed by atoms with E-state index >= 15 is 0 Å². The quantitative estimate of drug-likeness (QED) is 0.740. The van der Waals surface area contributed by atoms with Crippen molar-refractivity contribution in [3.63, 3.8) is 0 Å². The largest absolute Gasteiger partial charge is 0.482 e. The summed E-state index contributed by atoms with van der Waals surface area (Å²) in [5, 5.41) is 4.96. The van der Waals surface area contributed by atoms with Crippen LogP contribution in [-0.2, 0) is 9.59 Å². The number of carbonyl (C=O) groups excluding carboxylic acids is 3. The molecule has 0 spiro atoms. The number of ether oxygens (including phenoxy) is 1. The Hall–Kier alpha value is -2.67. The highest BCUT2D eigenvalue weighted by molar-refractivity contribution is 7.12. The monoisotopic (exact) mass is 426 g/mol. The number of amides is 2. The lowest BCUT2D eigenvalue weighted by atomic mass is 9.86. The SMILES string of the molecule is Cc1cc2c(cc1C(=O)c1cccs1)N(CC(=O)NC1CCCCC1C)C(=O)CO2. The summed E-state index contributed by atoms with van der Waals surface area (Å²) in [6.07, 6.45) is 4.39. The Morgan fingerprint density at radius 3 is 2.80 bits per heavy atom. The van der Waals surface area contributed by atoms with Gasteiger partial charge in [0.2, 0.25) is 11.7 Å². The molecular formula is C23H26N2O4S. The first-order chi connectivity index (χ1) is 14.4. The van der Waals surface area contributed by atoms with Crippen molar-refractivity contribution in [3.05, 3.63) is 45.6 Å². The lowest BCUT2D eigenvalue weighted by Crippen LogP contribution is -2.49. The molecule has 6 nitrogen and oxygen atoms in total. The zero-order valence-electron chi connectivity index (χ0n) is 17.3. The highest BCUT2D eigenvalue weighted by atomic mass is 32.1. The number of carbonyl (C=O) groups is 3. The van der Waals surface area contributed by atoms with Crippen molar-refractivity contribution in [1.82, 2.24) is 5.32 Å². The molecule has 2 aliphatic rings. The van der Waals surface area contributed by atoms with E-state index in [-0.39, 0.29) is 36.8 Å². The molecular weight excluding hydrogens is 400 g/mol. The molecule has 4 rings (SSSR count). The Labute approximate surface area is 180 Å². The first kappa shape index (κ1) is 20.6. The van der Waals surface area contributed by atoms with Gasteiger partial charge in [-0.3, -0.25) is 19.3 Å². The van der Waals surface area contributed by atoms with Crippen molar-refractivity contribution >= 4 is 34.6 Å². The van der Waals surface area contributed by atoms with Gasteiger partial charge >= 0.3 is 0 Å². The number of hydrogen-bond donors (Lipinski definition) is 1. The van der Waals surface area contributed by atoms with Gasteiger partial charge < -0.3 is 10.1 Å². The van der Waals surface area contributed by atoms with Gasteiger partial charge in [0.15, 0.2) is 6.61 Å². The summed E-state index contributed by atoms with van der Waals surface area (Å²) in [6.45, 7) is 3.82. The van der Waals surface area contributed by atoms with Gasteiger partial charge in [-0.1, -0.05) is 25.8 Å². The molecule has 2 amide bonds. The van der Waals surface area contributed by atoms with E-state index in [2.05, 4.69) is 12.2 Å². The van der Waals surface area contributed by atoms with E-state index in [1.807, 2.05) is 18.4 Å². The van der Waals surface area contributed by atoms with E-state index in [1.54, 1.807) is 18.2 Å². The summed E-state index contributed by atoms with van der Waals surface area (Å²) in [5.41, 5.74) is 1.77. The summed E-state index contributed by atoms with van der Waals surface area (Å²) >= 11 is 1.38. The second-order valence-electron chi connectivity index (χ2n) is 8.15. The molecule has 2 unspecified atom stereocenters. The zero-order chi connectivity index (χ0) is 21.3. The standard InChI is InChI=1S/C23H26N2O4S/c1-14-6-3-4-7-17(14)24-21(26)12-25-18-11-16(23(28)20-8-5-9-30-20)15(2)10-19(18)29-13-22(25)27/h5,8-11,14,17H,3-4,6-7,12-13H2,1-2H3,(H,24,26). The highest BCUT2D eigenvalue weighted by Gasteiger charge is 2.31. The van der Waals surface area contributed by atoms with Gasteiger partial charge in [0.25, 0.3) is 5.91 Å². The first-order valence-electron chi connectivity index (χ1n) is 10.4. The predicted octanol–water partition coefficient (Wildman–Crippen LogP) is 3.71. The Kier molecular flexibility index (Phi) is 5.90. The highest BCUT2D eigenvalue weighted by Crippen LogP contribution is 2.36. The molecule has 158 valence electrons. The van der Waals surface area contributed by atoms with Gasteiger partial charge in [0.05, 0.1) is 10.6 Å². The smallest absolute Gasteiger partial charge is 0.265 e. The van der Waals surface area contributed by atoms with Gasteiger partial charge in [-0.2, -0.15) is 0 Å². The summed E-state index contributed by atoms with van der Waals surface area (Å²) in [5.74, 6) is 0.403. The van der Waals surface area contributed by atoms with Gasteiger partial charge in [-0.25, -0.2) is 0 Å². The topological polar surface area (TPSA) is 75.7 Å². The molecule has 2 aromatic rings. The van der Waals surface area contributed by atoms with Crippen LogP contribution in [0.5, 0.6) is 5.75 Å². The van der Waals surface area contributed by atoms with Gasteiger partial charge in [0.1, 0.15) is 12.3 Å². The predicted molar refractivity (Wildman–Crippen MR) is 116 cm³/mol. The molecule has 7 heteroatoms. The fourth-order valence-electron chi connectivity index (χ4n) is 4.23. The third kappa shape index (κ3) is 4.12. The number of rotatable bonds is 5. The Bertz CT molecular complexity index is 970. The van der Waals surface area contributed by atoms with Crippen LogP contribution in [0, 0.1) is 12.8 Å². The zero-order valence-corrected chi connectivity index (χ0v) is 18.1. The van der Waals surface area contributed by atoms with E-state index in [0.29, 0.717) is 27.8 Å². The molecule has 2 heterocycles. The van der Waals surface area contributed by atoms with Gasteiger partial charge in [0, 0.05) is 11.6 Å². The van der Waals surface area contributed by atoms with Crippen LogP contribution in [-0.4, -0.2) is 36.8 Å². The molecule has 1 saturated carbocycles. The minimum absolute atomic E-state index is 0.0753. The Balaban J connectivity index is 1.58. The third-order valence-electron chi connectivity index (χ3n) is 6.00. The van der Waals surface area contributed by atoms with Crippen LogP contribution >= 0.6 is 11.3 Å². The molecule has 1 aliphatic carbocycles. The van der Waals surface area contributed by atoms with E-state index < -0.39 is 0 Å². The third-order valence-corrected chi connectivity index (χ3v) is 6.87. The maximum absolute atomic E-state index is 12.9. The molecule has 1 aliphatic heterocycles. The molecule has 30 heavy (non-hydrogen) atoms. The molecule has 2 atom stereocenters. The molecule has 1 aromatic carbocycles. The van der Waals surface area contributed by atoms with E-state index in [0.717, 1.165) is 24.8 Å². The van der Waals surface area contributed by atoms with E-state index in [9.17, 15) is 14.4 Å². The Morgan fingerprint density at radius 1 is 1.27 bits per heavy atom. The first-order valence-corrected chi connectivity index (χ1v) is 11.3. The van der Waals surface area contributed by atoms with Crippen LogP contribution in [0.3, 0.4) is 0 Å². The molecule has 0 radical (unpaired) electrons. The van der Waals surface area contributed by atoms with Gasteiger partial charge in [-0.05, 0) is 54.8 Å². The fraction of sp³-hybridized carbons (Fsp3) is 0.435. The average Bonchev–Trinajstić information content (AvgIpc) is 3.26. The number of benzene rings is 1. The summed E-state index contributed by atoms with van der Waals surface area (Å²) in [7, 11) is 0. The minimum Gasteiger partial charge on any atom is -0.482 e. The van der Waals surface area contributed by atoms with Crippen molar-refractivity contribution in [3.8, 4) is 5.75 Å². The molecule has 0 saturated heterocycles. The fourth-order valence-corrected chi connectivity index (χ4v) is 4.91. The number of aryl methyl sites for hydroxylation is 1. The Morgan fingerprint density at radius 2 is 2.07 bits per heavy atom. The second kappa shape index (κ2) is 8.60. The average molecular weight is 427 g/mol. The maximum Gasteiger partial charge on any atom is 0.265 e. The van der Waals surface area contributed by atoms with Crippen LogP contribution in [0.25, 0.3) is 0 Å². The molecule has 1 N–H and O–H groups in total. The minimum atomic E-state index is -0.285. The van der Waals surface area contributed by atoms with Crippen molar-refractivity contribution in [2.45, 2.75) is 45.6 Å². The number of nitrogens with zero attached hydrogens (tertiary/aromatic N) is 1. The van der Waals surface area contributed by atoms with E-state index in [1.165, 1.54) is 22.7 Å². The number of fused-ring (bicyclic) bond motifs is 1. The summed E-state index contributed by atoms with van der Waals surface area (Å²) in [6, 6.07) is 7.22. The van der Waals surface area contributed by atoms with Crippen molar-refractivity contribution in [2.75, 3.05) is 18.1 Å². The normalized spacial score (nSPS) is 21.0. The lowest BCUT2D eigenvalue weighted by Gasteiger charge is -2.32. The molecule has 1 aromatic heterocycles. The van der Waals surface area contributed by atoms with Crippen LogP contribution in [0.15, 0.2) is 29.6 Å². The van der Waals surface area contributed by atoms with Crippen molar-refractivity contribution in [2.24, 2.45) is 5.92 Å². The van der Waals surface area contributed by atoms with Gasteiger partial charge in [-0.15, -0.1) is 11.3 Å². The number of hydrogen-bond acceptors (Lipinski definition) is 5. The van der Waals surface area contributed by atoms with E-state index in [4.69, 9.17) is 4.74 Å². The maximum atomic E-state index is 12.9. The van der Waals surface area contributed by atoms with Crippen LogP contribution < -0.4 is 15.0 Å². The van der Waals surface area contributed by atoms with Crippen LogP contribution in [0.4, 0.5) is 5.69 Å². The lowest BCUT2D eigenvalue weighted by molar-refractivity contribution is -0.126. The molecule has 0 bridgehead atoms. The number of nitrogens with one attached hydrogen (secondary N) is 1. The van der Waals surface area contributed by atoms with Crippen LogP contribution in [0.1, 0.15) is 53.4 Å². The van der Waals surface area contributed by atoms with Crippen molar-refractivity contribution in [1.29, 1.82) is 0 Å². The number of thiophene rings is 1. The number of ketones is 1. The summed E-state index contributed by atoms with van der Waals surface area (Å²) < 4.78 is 5.59. The summed E-state index contributed by atoms with van der Waals surface area (Å²) in [4.78, 5) is 40.3. The van der Waals surface area contributed by atoms with Crippen LogP contribution in [0.2, 0.25) is 0 Å².